The number of hydrogen-bond donors (Lipinski definition) is 0. The van der Waals surface area contributed by atoms with Gasteiger partial charge in [-0.2, -0.15) is 0 Å². The summed E-state index contributed by atoms with van der Waals surface area (Å²) in [5, 5.41) is 1.20. The summed E-state index contributed by atoms with van der Waals surface area (Å²) in [6.07, 6.45) is 1.59. The first-order valence-corrected chi connectivity index (χ1v) is 12.2. The number of halogens is 1. The van der Waals surface area contributed by atoms with E-state index < -0.39 is 6.85 Å². The molecule has 0 aliphatic heterocycles. The molecule has 4 nitrogen and oxygen atoms in total. The Hall–Kier alpha value is -4.54. The molecule has 0 saturated carbocycles. The minimum Gasteiger partial charge on any atom is -0.444 e. The number of para-hydroxylation sites is 3. The molecule has 0 bridgehead atoms. The highest BCUT2D eigenvalue weighted by molar-refractivity contribution is 6.36. The van der Waals surface area contributed by atoms with Gasteiger partial charge >= 0.3 is 0 Å². The molecule has 5 heteroatoms. The maximum atomic E-state index is 7.74. The van der Waals surface area contributed by atoms with E-state index in [1.807, 2.05) is 114 Å². The van der Waals surface area contributed by atoms with Crippen LogP contribution in [0.4, 0.5) is 34.1 Å². The number of pyridine rings is 1. The Morgan fingerprint density at radius 3 is 1.73 bits per heavy atom. The monoisotopic (exact) mass is 504 g/mol. The van der Waals surface area contributed by atoms with Gasteiger partial charge in [0.15, 0.2) is 0 Å². The van der Waals surface area contributed by atoms with Crippen LogP contribution in [-0.2, 0) is 0 Å². The van der Waals surface area contributed by atoms with Crippen molar-refractivity contribution in [2.45, 2.75) is 6.85 Å². The summed E-state index contributed by atoms with van der Waals surface area (Å²) in [5.74, 6) is 0. The van der Waals surface area contributed by atoms with Gasteiger partial charge in [-0.1, -0.05) is 72.3 Å². The second kappa shape index (κ2) is 9.84. The third-order valence-corrected chi connectivity index (χ3v) is 6.53. The van der Waals surface area contributed by atoms with E-state index in [0.29, 0.717) is 16.1 Å². The Labute approximate surface area is 225 Å². The third kappa shape index (κ3) is 4.32. The average Bonchev–Trinajstić information content (AvgIpc) is 3.39. The number of aryl methyl sites for hydroxylation is 1. The highest BCUT2D eigenvalue weighted by atomic mass is 35.5. The lowest BCUT2D eigenvalue weighted by atomic mass is 10.1. The summed E-state index contributed by atoms with van der Waals surface area (Å²) in [4.78, 5) is 8.41. The minimum atomic E-state index is -2.34. The second-order valence-electron chi connectivity index (χ2n) is 8.46. The van der Waals surface area contributed by atoms with Gasteiger partial charge in [-0.05, 0) is 67.5 Å². The van der Waals surface area contributed by atoms with Gasteiger partial charge in [-0.25, -0.2) is 4.98 Å². The first-order valence-electron chi connectivity index (χ1n) is 13.3. The fourth-order valence-corrected chi connectivity index (χ4v) is 4.79. The van der Waals surface area contributed by atoms with Gasteiger partial charge in [-0.15, -0.1) is 0 Å². The summed E-state index contributed by atoms with van der Waals surface area (Å²) in [6, 6.07) is 39.1. The molecule has 2 aromatic heterocycles. The van der Waals surface area contributed by atoms with Crippen LogP contribution < -0.4 is 9.80 Å². The molecule has 0 unspecified atom stereocenters. The van der Waals surface area contributed by atoms with E-state index in [4.69, 9.17) is 20.1 Å². The minimum absolute atomic E-state index is 0.0199. The van der Waals surface area contributed by atoms with Crippen molar-refractivity contribution in [1.29, 1.82) is 0 Å². The van der Waals surface area contributed by atoms with Crippen LogP contribution in [0.1, 0.15) is 9.81 Å². The normalized spacial score (nSPS) is 12.5. The molecule has 4 aromatic carbocycles. The largest absolute Gasteiger partial charge is 0.444 e. The van der Waals surface area contributed by atoms with Crippen LogP contribution in [0.15, 0.2) is 132 Å². The highest BCUT2D eigenvalue weighted by Crippen LogP contribution is 2.47. The van der Waals surface area contributed by atoms with E-state index in [-0.39, 0.29) is 11.4 Å². The maximum Gasteiger partial charge on any atom is 0.228 e. The summed E-state index contributed by atoms with van der Waals surface area (Å²) in [7, 11) is 0. The van der Waals surface area contributed by atoms with Crippen molar-refractivity contribution < 1.29 is 8.53 Å². The Bertz CT molecular complexity index is 1720. The standard InChI is InChI=1S/C32H24ClN3O/c1-23-20-21-27-30(22-37-32(27)34-23)36(26-16-9-4-10-17-26)29-19-11-18-28(31(29)33)35(24-12-5-2-6-13-24)25-14-7-3-8-15-25/h2-22H,1H3/i1D3. The molecule has 0 N–H and O–H groups in total. The quantitative estimate of drug-likeness (QED) is 0.226. The summed E-state index contributed by atoms with van der Waals surface area (Å²) < 4.78 is 29.0. The number of benzene rings is 4. The van der Waals surface area contributed by atoms with Crippen molar-refractivity contribution in [3.8, 4) is 0 Å². The number of furan rings is 1. The lowest BCUT2D eigenvalue weighted by Gasteiger charge is -2.30. The summed E-state index contributed by atoms with van der Waals surface area (Å²) in [6.45, 7) is -2.34. The van der Waals surface area contributed by atoms with Gasteiger partial charge in [0, 0.05) is 26.9 Å². The summed E-state index contributed by atoms with van der Waals surface area (Å²) in [5.41, 5.74) is 5.23. The molecule has 37 heavy (non-hydrogen) atoms. The Morgan fingerprint density at radius 1 is 0.622 bits per heavy atom. The molecule has 0 aliphatic rings. The molecule has 6 aromatic rings. The van der Waals surface area contributed by atoms with E-state index in [2.05, 4.69) is 9.88 Å². The zero-order chi connectivity index (χ0) is 27.7. The molecule has 0 amide bonds. The maximum absolute atomic E-state index is 7.74. The molecule has 0 atom stereocenters. The molecule has 6 rings (SSSR count). The predicted octanol–water partition coefficient (Wildman–Crippen LogP) is 9.73. The Balaban J connectivity index is 1.55. The number of hydrogen-bond acceptors (Lipinski definition) is 4. The van der Waals surface area contributed by atoms with Crippen LogP contribution in [0.3, 0.4) is 0 Å². The van der Waals surface area contributed by atoms with Gasteiger partial charge in [0.1, 0.15) is 6.26 Å². The van der Waals surface area contributed by atoms with E-state index in [9.17, 15) is 0 Å². The number of fused-ring (bicyclic) bond motifs is 1. The van der Waals surface area contributed by atoms with Crippen molar-refractivity contribution in [3.63, 3.8) is 0 Å². The van der Waals surface area contributed by atoms with Gasteiger partial charge < -0.3 is 14.2 Å². The number of aromatic nitrogens is 1. The lowest BCUT2D eigenvalue weighted by molar-refractivity contribution is 0.602. The predicted molar refractivity (Wildman–Crippen MR) is 153 cm³/mol. The van der Waals surface area contributed by atoms with E-state index in [0.717, 1.165) is 28.4 Å². The van der Waals surface area contributed by atoms with Crippen molar-refractivity contribution in [2.75, 3.05) is 9.80 Å². The van der Waals surface area contributed by atoms with Crippen LogP contribution in [0.2, 0.25) is 5.02 Å². The Morgan fingerprint density at radius 2 is 1.16 bits per heavy atom. The van der Waals surface area contributed by atoms with Crippen molar-refractivity contribution >= 4 is 56.8 Å². The molecule has 0 aliphatic carbocycles. The molecule has 2 heterocycles. The average molecular weight is 505 g/mol. The first-order chi connectivity index (χ1) is 19.4. The lowest BCUT2D eigenvalue weighted by Crippen LogP contribution is -2.14. The van der Waals surface area contributed by atoms with Crippen LogP contribution in [0, 0.1) is 6.85 Å². The van der Waals surface area contributed by atoms with Gasteiger partial charge in [0.25, 0.3) is 0 Å². The molecule has 0 radical (unpaired) electrons. The zero-order valence-electron chi connectivity index (χ0n) is 22.8. The molecule has 0 fully saturated rings. The van der Waals surface area contributed by atoms with Crippen LogP contribution in [0.25, 0.3) is 11.1 Å². The Kier molecular flexibility index (Phi) is 5.22. The highest BCUT2D eigenvalue weighted by Gasteiger charge is 2.24. The molecular formula is C32H24ClN3O. The van der Waals surface area contributed by atoms with E-state index in [1.165, 1.54) is 6.07 Å². The molecule has 0 saturated heterocycles. The SMILES string of the molecule is [2H]C([2H])([2H])c1ccc2c(N(c3ccccc3)c3cccc(N(c4ccccc4)c4ccccc4)c3Cl)coc2n1. The smallest absolute Gasteiger partial charge is 0.228 e. The van der Waals surface area contributed by atoms with Crippen molar-refractivity contribution in [2.24, 2.45) is 0 Å². The molecule has 180 valence electrons. The molecule has 0 spiro atoms. The van der Waals surface area contributed by atoms with Crippen LogP contribution in [-0.4, -0.2) is 4.98 Å². The van der Waals surface area contributed by atoms with E-state index >= 15 is 0 Å². The fraction of sp³-hybridized carbons (Fsp3) is 0.0312. The number of nitrogens with zero attached hydrogens (tertiary/aromatic N) is 3. The van der Waals surface area contributed by atoms with Crippen LogP contribution in [0.5, 0.6) is 0 Å². The topological polar surface area (TPSA) is 32.5 Å². The fourth-order valence-electron chi connectivity index (χ4n) is 4.49. The second-order valence-corrected chi connectivity index (χ2v) is 8.84. The first kappa shape index (κ1) is 19.6. The molecular weight excluding hydrogens is 478 g/mol. The van der Waals surface area contributed by atoms with Crippen molar-refractivity contribution in [3.05, 3.63) is 138 Å². The zero-order valence-corrected chi connectivity index (χ0v) is 20.5. The van der Waals surface area contributed by atoms with Crippen LogP contribution >= 0.6 is 11.6 Å². The number of rotatable bonds is 6. The van der Waals surface area contributed by atoms with Gasteiger partial charge in [0.2, 0.25) is 5.71 Å². The van der Waals surface area contributed by atoms with Crippen molar-refractivity contribution in [1.82, 2.24) is 4.98 Å². The third-order valence-electron chi connectivity index (χ3n) is 6.14. The summed E-state index contributed by atoms with van der Waals surface area (Å²) >= 11 is 7.30. The van der Waals surface area contributed by atoms with Gasteiger partial charge in [-0.3, -0.25) is 0 Å². The number of anilines is 6. The van der Waals surface area contributed by atoms with E-state index in [1.54, 1.807) is 12.3 Å². The van der Waals surface area contributed by atoms with Gasteiger partial charge in [0.05, 0.1) is 27.5 Å².